The summed E-state index contributed by atoms with van der Waals surface area (Å²) in [6.45, 7) is -0.222. The highest BCUT2D eigenvalue weighted by Gasteiger charge is 2.35. The van der Waals surface area contributed by atoms with E-state index < -0.39 is 33.4 Å². The molecular formula is C21H19ClF3N5O4S. The maximum absolute atomic E-state index is 12.9. The number of fused-ring (bicyclic) bond motifs is 1. The number of nitriles is 1. The van der Waals surface area contributed by atoms with Crippen LogP contribution in [0.3, 0.4) is 0 Å². The largest absolute Gasteiger partial charge is 0.573 e. The van der Waals surface area contributed by atoms with Crippen LogP contribution in [0.15, 0.2) is 42.5 Å². The molecule has 1 N–H and O–H groups in total. The number of alkyl halides is 3. The van der Waals surface area contributed by atoms with Gasteiger partial charge in [-0.1, -0.05) is 11.6 Å². The number of amides is 1. The normalized spacial score (nSPS) is 13.7. The third-order valence-electron chi connectivity index (χ3n) is 4.83. The van der Waals surface area contributed by atoms with Gasteiger partial charge in [-0.25, -0.2) is 8.42 Å². The molecule has 0 saturated heterocycles. The van der Waals surface area contributed by atoms with E-state index in [1.807, 2.05) is 6.07 Å². The Hall–Kier alpha value is -3.37. The van der Waals surface area contributed by atoms with Crippen LogP contribution in [0.2, 0.25) is 5.02 Å². The lowest BCUT2D eigenvalue weighted by Gasteiger charge is -2.27. The number of halogens is 4. The molecule has 3 aromatic rings. The number of sulfone groups is 1. The van der Waals surface area contributed by atoms with Gasteiger partial charge in [0.2, 0.25) is 0 Å². The Kier molecular flexibility index (Phi) is 7.56. The van der Waals surface area contributed by atoms with Crippen molar-refractivity contribution in [2.45, 2.75) is 31.3 Å². The number of nitrogens with zero attached hydrogens (tertiary/aromatic N) is 4. The zero-order chi connectivity index (χ0) is 25.9. The van der Waals surface area contributed by atoms with E-state index in [0.29, 0.717) is 16.1 Å². The van der Waals surface area contributed by atoms with Crippen LogP contribution in [0.5, 0.6) is 5.75 Å². The van der Waals surface area contributed by atoms with Crippen molar-refractivity contribution in [1.82, 2.24) is 20.3 Å². The van der Waals surface area contributed by atoms with Crippen molar-refractivity contribution >= 4 is 38.4 Å². The summed E-state index contributed by atoms with van der Waals surface area (Å²) in [5.74, 6) is -1.50. The molecule has 1 unspecified atom stereocenters. The van der Waals surface area contributed by atoms with Gasteiger partial charge in [0.1, 0.15) is 32.2 Å². The van der Waals surface area contributed by atoms with Crippen LogP contribution < -0.4 is 10.1 Å². The Morgan fingerprint density at radius 1 is 1.17 bits per heavy atom. The molecular weight excluding hydrogens is 511 g/mol. The minimum Gasteiger partial charge on any atom is -0.406 e. The van der Waals surface area contributed by atoms with E-state index in [2.05, 4.69) is 20.3 Å². The number of rotatable bonds is 9. The van der Waals surface area contributed by atoms with E-state index in [1.165, 1.54) is 4.80 Å². The van der Waals surface area contributed by atoms with E-state index in [4.69, 9.17) is 11.6 Å². The molecule has 14 heteroatoms. The number of carbonyl (C=O) groups is 1. The summed E-state index contributed by atoms with van der Waals surface area (Å²) in [5.41, 5.74) is -0.717. The molecule has 3 rings (SSSR count). The van der Waals surface area contributed by atoms with Crippen molar-refractivity contribution in [3.8, 4) is 11.8 Å². The first-order valence-electron chi connectivity index (χ1n) is 10.1. The number of aromatic nitrogens is 3. The van der Waals surface area contributed by atoms with Gasteiger partial charge in [-0.15, -0.1) is 13.2 Å². The van der Waals surface area contributed by atoms with Crippen LogP contribution in [-0.2, 0) is 16.4 Å². The van der Waals surface area contributed by atoms with Crippen LogP contribution >= 0.6 is 11.6 Å². The second kappa shape index (κ2) is 10.1. The summed E-state index contributed by atoms with van der Waals surface area (Å²) >= 11 is 5.97. The first kappa shape index (κ1) is 26.2. The van der Waals surface area contributed by atoms with E-state index in [-0.39, 0.29) is 30.7 Å². The highest BCUT2D eigenvalue weighted by Crippen LogP contribution is 2.24. The Labute approximate surface area is 203 Å². The highest BCUT2D eigenvalue weighted by atomic mass is 35.5. The van der Waals surface area contributed by atoms with Crippen LogP contribution in [0.4, 0.5) is 13.2 Å². The van der Waals surface area contributed by atoms with Crippen LogP contribution in [0.25, 0.3) is 11.0 Å². The van der Waals surface area contributed by atoms with Crippen LogP contribution in [0, 0.1) is 11.3 Å². The van der Waals surface area contributed by atoms with Gasteiger partial charge >= 0.3 is 6.36 Å². The molecule has 35 heavy (non-hydrogen) atoms. The Bertz CT molecular complexity index is 1370. The number of ether oxygens (including phenoxy) is 1. The Morgan fingerprint density at radius 3 is 2.43 bits per heavy atom. The van der Waals surface area contributed by atoms with E-state index >= 15 is 0 Å². The zero-order valence-corrected chi connectivity index (χ0v) is 19.8. The second-order valence-electron chi connectivity index (χ2n) is 7.82. The van der Waals surface area contributed by atoms with E-state index in [0.717, 1.165) is 30.5 Å². The van der Waals surface area contributed by atoms with Crippen LogP contribution in [-0.4, -0.2) is 53.2 Å². The number of benzene rings is 2. The second-order valence-corrected chi connectivity index (χ2v) is 10.5. The molecule has 2 aromatic carbocycles. The minimum atomic E-state index is -4.89. The van der Waals surface area contributed by atoms with Gasteiger partial charge in [-0.3, -0.25) is 4.79 Å². The molecule has 0 spiro atoms. The fraction of sp³-hybridized carbons (Fsp3) is 0.333. The summed E-state index contributed by atoms with van der Waals surface area (Å²) in [5, 5.41) is 21.5. The fourth-order valence-corrected chi connectivity index (χ4v) is 4.11. The lowest BCUT2D eigenvalue weighted by atomic mass is 9.94. The Morgan fingerprint density at radius 2 is 1.83 bits per heavy atom. The average Bonchev–Trinajstić information content (AvgIpc) is 3.13. The molecule has 186 valence electrons. The third kappa shape index (κ3) is 7.56. The molecule has 0 bridgehead atoms. The van der Waals surface area contributed by atoms with Crippen LogP contribution in [0.1, 0.15) is 23.2 Å². The van der Waals surface area contributed by atoms with Gasteiger partial charge < -0.3 is 10.1 Å². The first-order chi connectivity index (χ1) is 16.3. The minimum absolute atomic E-state index is 0.0346. The molecule has 9 nitrogen and oxygen atoms in total. The van der Waals surface area contributed by atoms with Gasteiger partial charge in [0, 0.05) is 16.8 Å². The smallest absolute Gasteiger partial charge is 0.406 e. The Balaban J connectivity index is 1.86. The maximum atomic E-state index is 12.9. The molecule has 1 heterocycles. The summed E-state index contributed by atoms with van der Waals surface area (Å²) in [6.07, 6.45) is -3.84. The highest BCUT2D eigenvalue weighted by molar-refractivity contribution is 7.90. The van der Waals surface area contributed by atoms with E-state index in [1.54, 1.807) is 18.2 Å². The van der Waals surface area contributed by atoms with Crippen molar-refractivity contribution in [2.75, 3.05) is 12.0 Å². The zero-order valence-electron chi connectivity index (χ0n) is 18.2. The quantitative estimate of drug-likeness (QED) is 0.449. The molecule has 1 aromatic heterocycles. The van der Waals surface area contributed by atoms with Crippen molar-refractivity contribution < 1.29 is 31.1 Å². The van der Waals surface area contributed by atoms with Gasteiger partial charge in [0.15, 0.2) is 0 Å². The van der Waals surface area contributed by atoms with Crippen molar-refractivity contribution in [3.05, 3.63) is 53.1 Å². The average molecular weight is 530 g/mol. The molecule has 0 saturated carbocycles. The molecule has 1 amide bonds. The number of carbonyl (C=O) groups excluding carboxylic acids is 1. The third-order valence-corrected chi connectivity index (χ3v) is 6.10. The number of hydrogen-bond acceptors (Lipinski definition) is 7. The standard InChI is InChI=1S/C21H19ClF3N5O4S/c1-35(32,33)10-2-9-20(12-26,13-30-28-17-8-5-15(22)11-18(17)29-30)27-19(31)14-3-6-16(7-4-14)34-21(23,24)25/h3-8,11H,2,9-10,13H2,1H3,(H,27,31). The van der Waals surface area contributed by atoms with Crippen molar-refractivity contribution in [1.29, 1.82) is 5.26 Å². The van der Waals surface area contributed by atoms with Crippen molar-refractivity contribution in [3.63, 3.8) is 0 Å². The predicted molar refractivity (Wildman–Crippen MR) is 120 cm³/mol. The summed E-state index contributed by atoms with van der Waals surface area (Å²) < 4.78 is 64.1. The van der Waals surface area contributed by atoms with Gasteiger partial charge in [-0.2, -0.15) is 20.3 Å². The SMILES string of the molecule is CS(=O)(=O)CCCC(C#N)(Cn1nc2ccc(Cl)cc2n1)NC(=O)c1ccc(OC(F)(F)F)cc1. The summed E-state index contributed by atoms with van der Waals surface area (Å²) in [4.78, 5) is 14.1. The lowest BCUT2D eigenvalue weighted by Crippen LogP contribution is -2.51. The maximum Gasteiger partial charge on any atom is 0.573 e. The summed E-state index contributed by atoms with van der Waals surface area (Å²) in [7, 11) is -3.33. The van der Waals surface area contributed by atoms with Gasteiger partial charge in [-0.05, 0) is 55.3 Å². The predicted octanol–water partition coefficient (Wildman–Crippen LogP) is 3.50. The molecule has 0 aliphatic heterocycles. The molecule has 0 fully saturated rings. The number of nitrogens with one attached hydrogen (secondary N) is 1. The molecule has 0 aliphatic carbocycles. The topological polar surface area (TPSA) is 127 Å². The monoisotopic (exact) mass is 529 g/mol. The molecule has 1 atom stereocenters. The number of hydrogen-bond donors (Lipinski definition) is 1. The lowest BCUT2D eigenvalue weighted by molar-refractivity contribution is -0.274. The molecule has 0 radical (unpaired) electrons. The fourth-order valence-electron chi connectivity index (χ4n) is 3.28. The van der Waals surface area contributed by atoms with Crippen molar-refractivity contribution in [2.24, 2.45) is 0 Å². The van der Waals surface area contributed by atoms with Gasteiger partial charge in [0.25, 0.3) is 5.91 Å². The first-order valence-corrected chi connectivity index (χ1v) is 12.5. The summed E-state index contributed by atoms with van der Waals surface area (Å²) in [6, 6.07) is 11.0. The van der Waals surface area contributed by atoms with Gasteiger partial charge in [0.05, 0.1) is 18.4 Å². The molecule has 0 aliphatic rings. The van der Waals surface area contributed by atoms with E-state index in [9.17, 15) is 31.6 Å².